The van der Waals surface area contributed by atoms with Crippen LogP contribution >= 0.6 is 0 Å². The van der Waals surface area contributed by atoms with Crippen molar-refractivity contribution in [3.05, 3.63) is 77.5 Å². The van der Waals surface area contributed by atoms with E-state index in [4.69, 9.17) is 0 Å². The Balaban J connectivity index is 2.07. The quantitative estimate of drug-likeness (QED) is 0.652. The molecule has 0 aliphatic heterocycles. The number of hydrogen-bond donors (Lipinski definition) is 1. The molecule has 0 saturated heterocycles. The highest BCUT2D eigenvalue weighted by Gasteiger charge is 2.02. The summed E-state index contributed by atoms with van der Waals surface area (Å²) in [6.07, 6.45) is 1.62. The molecule has 0 spiro atoms. The lowest BCUT2D eigenvalue weighted by Crippen LogP contribution is -2.01. The van der Waals surface area contributed by atoms with Crippen molar-refractivity contribution in [3.8, 4) is 0 Å². The summed E-state index contributed by atoms with van der Waals surface area (Å²) in [4.78, 5) is 12.0. The molecular formula is C17H17NO. The third-order valence-corrected chi connectivity index (χ3v) is 2.80. The molecule has 2 nitrogen and oxygen atoms in total. The largest absolute Gasteiger partial charge is 0.359 e. The summed E-state index contributed by atoms with van der Waals surface area (Å²) in [7, 11) is 0. The van der Waals surface area contributed by atoms with Crippen LogP contribution in [0.3, 0.4) is 0 Å². The Morgan fingerprint density at radius 2 is 1.63 bits per heavy atom. The van der Waals surface area contributed by atoms with Crippen LogP contribution in [-0.4, -0.2) is 5.78 Å². The molecule has 2 heteroatoms. The number of carbonyl (C=O) groups is 1. The molecule has 2 rings (SSSR count). The first-order valence-corrected chi connectivity index (χ1v) is 6.26. The topological polar surface area (TPSA) is 29.1 Å². The van der Waals surface area contributed by atoms with E-state index in [1.165, 1.54) is 5.56 Å². The van der Waals surface area contributed by atoms with Gasteiger partial charge in [-0.3, -0.25) is 4.79 Å². The van der Waals surface area contributed by atoms with E-state index in [2.05, 4.69) is 5.32 Å². The summed E-state index contributed by atoms with van der Waals surface area (Å²) in [6, 6.07) is 17.3. The molecule has 1 N–H and O–H groups in total. The highest BCUT2D eigenvalue weighted by atomic mass is 16.1. The van der Waals surface area contributed by atoms with Gasteiger partial charge < -0.3 is 5.32 Å². The minimum absolute atomic E-state index is 0.0118. The van der Waals surface area contributed by atoms with Gasteiger partial charge in [0.05, 0.1) is 0 Å². The highest BCUT2D eigenvalue weighted by molar-refractivity contribution is 6.05. The molecule has 0 atom stereocenters. The van der Waals surface area contributed by atoms with Crippen molar-refractivity contribution in [2.24, 2.45) is 0 Å². The molecule has 2 aromatic rings. The van der Waals surface area contributed by atoms with E-state index >= 15 is 0 Å². The summed E-state index contributed by atoms with van der Waals surface area (Å²) in [5, 5.41) is 3.21. The number of allylic oxidation sites excluding steroid dienone is 2. The average molecular weight is 251 g/mol. The Morgan fingerprint density at radius 1 is 1.00 bits per heavy atom. The number of ketones is 1. The lowest BCUT2D eigenvalue weighted by molar-refractivity contribution is 0.104. The second-order valence-corrected chi connectivity index (χ2v) is 4.55. The Kier molecular flexibility index (Phi) is 4.14. The minimum atomic E-state index is 0.0118. The fourth-order valence-electron chi connectivity index (χ4n) is 1.78. The van der Waals surface area contributed by atoms with E-state index in [-0.39, 0.29) is 5.78 Å². The molecule has 2 aromatic carbocycles. The van der Waals surface area contributed by atoms with Gasteiger partial charge in [-0.2, -0.15) is 0 Å². The van der Waals surface area contributed by atoms with Gasteiger partial charge >= 0.3 is 0 Å². The summed E-state index contributed by atoms with van der Waals surface area (Å²) in [6.45, 7) is 3.94. The van der Waals surface area contributed by atoms with Crippen molar-refractivity contribution in [2.45, 2.75) is 13.8 Å². The van der Waals surface area contributed by atoms with Gasteiger partial charge in [-0.25, -0.2) is 0 Å². The SMILES string of the molecule is CC(=CC(=O)c1ccccc1)Nc1ccc(C)cc1. The average Bonchev–Trinajstić information content (AvgIpc) is 2.42. The van der Waals surface area contributed by atoms with E-state index in [0.717, 1.165) is 11.4 Å². The number of carbonyl (C=O) groups excluding carboxylic acids is 1. The zero-order valence-electron chi connectivity index (χ0n) is 11.2. The molecule has 0 fully saturated rings. The van der Waals surface area contributed by atoms with Crippen molar-refractivity contribution in [2.75, 3.05) is 5.32 Å². The molecule has 0 aliphatic rings. The number of aryl methyl sites for hydroxylation is 1. The van der Waals surface area contributed by atoms with E-state index in [1.807, 2.05) is 68.4 Å². The van der Waals surface area contributed by atoms with Crippen LogP contribution in [0.2, 0.25) is 0 Å². The van der Waals surface area contributed by atoms with Crippen LogP contribution in [0.1, 0.15) is 22.8 Å². The van der Waals surface area contributed by atoms with E-state index in [9.17, 15) is 4.79 Å². The molecule has 0 amide bonds. The van der Waals surface area contributed by atoms with E-state index < -0.39 is 0 Å². The Bertz CT molecular complexity index is 582. The maximum atomic E-state index is 12.0. The molecule has 0 heterocycles. The third-order valence-electron chi connectivity index (χ3n) is 2.80. The summed E-state index contributed by atoms with van der Waals surface area (Å²) in [5.74, 6) is 0.0118. The molecule has 0 unspecified atom stereocenters. The molecule has 0 aromatic heterocycles. The number of rotatable bonds is 4. The van der Waals surface area contributed by atoms with E-state index in [1.54, 1.807) is 6.08 Å². The molecule has 0 saturated carbocycles. The molecule has 0 bridgehead atoms. The first kappa shape index (κ1) is 13.1. The van der Waals surface area contributed by atoms with Crippen LogP contribution in [0.25, 0.3) is 0 Å². The van der Waals surface area contributed by atoms with Crippen LogP contribution in [0.4, 0.5) is 5.69 Å². The summed E-state index contributed by atoms with van der Waals surface area (Å²) >= 11 is 0. The second-order valence-electron chi connectivity index (χ2n) is 4.55. The third kappa shape index (κ3) is 3.81. The van der Waals surface area contributed by atoms with Crippen LogP contribution in [-0.2, 0) is 0 Å². The summed E-state index contributed by atoms with van der Waals surface area (Å²) in [5.41, 5.74) is 3.73. The molecule has 0 radical (unpaired) electrons. The second kappa shape index (κ2) is 6.01. The molecule has 0 aliphatic carbocycles. The number of benzene rings is 2. The number of nitrogens with one attached hydrogen (secondary N) is 1. The predicted octanol–water partition coefficient (Wildman–Crippen LogP) is 4.19. The van der Waals surface area contributed by atoms with Gasteiger partial charge in [-0.15, -0.1) is 0 Å². The standard InChI is InChI=1S/C17H17NO/c1-13-8-10-16(11-9-13)18-14(2)12-17(19)15-6-4-3-5-7-15/h3-12,18H,1-2H3. The van der Waals surface area contributed by atoms with Crippen molar-refractivity contribution in [3.63, 3.8) is 0 Å². The van der Waals surface area contributed by atoms with Crippen LogP contribution in [0.5, 0.6) is 0 Å². The van der Waals surface area contributed by atoms with E-state index in [0.29, 0.717) is 5.56 Å². The minimum Gasteiger partial charge on any atom is -0.359 e. The van der Waals surface area contributed by atoms with Gasteiger partial charge in [-0.05, 0) is 26.0 Å². The lowest BCUT2D eigenvalue weighted by Gasteiger charge is -2.06. The number of anilines is 1. The molecule has 96 valence electrons. The normalized spacial score (nSPS) is 11.2. The van der Waals surface area contributed by atoms with Crippen molar-refractivity contribution >= 4 is 11.5 Å². The maximum Gasteiger partial charge on any atom is 0.187 e. The van der Waals surface area contributed by atoms with Crippen molar-refractivity contribution < 1.29 is 4.79 Å². The Hall–Kier alpha value is -2.35. The molecule has 19 heavy (non-hydrogen) atoms. The Morgan fingerprint density at radius 3 is 2.26 bits per heavy atom. The lowest BCUT2D eigenvalue weighted by atomic mass is 10.1. The van der Waals surface area contributed by atoms with Gasteiger partial charge in [0, 0.05) is 23.0 Å². The highest BCUT2D eigenvalue weighted by Crippen LogP contribution is 2.12. The fourth-order valence-corrected chi connectivity index (χ4v) is 1.78. The van der Waals surface area contributed by atoms with Gasteiger partial charge in [0.25, 0.3) is 0 Å². The molecular weight excluding hydrogens is 234 g/mol. The fraction of sp³-hybridized carbons (Fsp3) is 0.118. The maximum absolute atomic E-state index is 12.0. The van der Waals surface area contributed by atoms with Crippen molar-refractivity contribution in [1.82, 2.24) is 0 Å². The zero-order chi connectivity index (χ0) is 13.7. The summed E-state index contributed by atoms with van der Waals surface area (Å²) < 4.78 is 0. The van der Waals surface area contributed by atoms with Gasteiger partial charge in [0.1, 0.15) is 0 Å². The van der Waals surface area contributed by atoms with Crippen LogP contribution in [0.15, 0.2) is 66.4 Å². The first-order valence-electron chi connectivity index (χ1n) is 6.26. The number of hydrogen-bond acceptors (Lipinski definition) is 2. The Labute approximate surface area is 113 Å². The van der Waals surface area contributed by atoms with Gasteiger partial charge in [0.2, 0.25) is 0 Å². The van der Waals surface area contributed by atoms with Gasteiger partial charge in [0.15, 0.2) is 5.78 Å². The van der Waals surface area contributed by atoms with Gasteiger partial charge in [-0.1, -0.05) is 48.0 Å². The predicted molar refractivity (Wildman–Crippen MR) is 79.3 cm³/mol. The first-order chi connectivity index (χ1) is 9.15. The van der Waals surface area contributed by atoms with Crippen molar-refractivity contribution in [1.29, 1.82) is 0 Å². The smallest absolute Gasteiger partial charge is 0.187 e. The van der Waals surface area contributed by atoms with Crippen LogP contribution in [0, 0.1) is 6.92 Å². The van der Waals surface area contributed by atoms with Crippen LogP contribution < -0.4 is 5.32 Å². The monoisotopic (exact) mass is 251 g/mol. The zero-order valence-corrected chi connectivity index (χ0v) is 11.2.